The summed E-state index contributed by atoms with van der Waals surface area (Å²) in [6.07, 6.45) is 3.76. The number of aliphatic hydroxyl groups is 1. The number of esters is 1. The van der Waals surface area contributed by atoms with Gasteiger partial charge >= 0.3 is 5.97 Å². The Bertz CT molecular complexity index is 247. The Balaban J connectivity index is 2.32. The van der Waals surface area contributed by atoms with Crippen molar-refractivity contribution >= 4 is 5.97 Å². The number of ether oxygens (including phenoxy) is 1. The molecule has 17 heavy (non-hydrogen) atoms. The maximum Gasteiger partial charge on any atom is 0.322 e. The second kappa shape index (κ2) is 6.36. The molecule has 0 radical (unpaired) electrons. The molecule has 2 N–H and O–H groups in total. The third-order valence-corrected chi connectivity index (χ3v) is 3.58. The Hall–Kier alpha value is -0.610. The molecule has 1 saturated carbocycles. The first-order valence-corrected chi connectivity index (χ1v) is 6.59. The number of nitrogens with one attached hydrogen (secondary N) is 1. The summed E-state index contributed by atoms with van der Waals surface area (Å²) < 4.78 is 4.91. The summed E-state index contributed by atoms with van der Waals surface area (Å²) in [5.74, 6) is 0.457. The van der Waals surface area contributed by atoms with Gasteiger partial charge in [-0.05, 0) is 45.4 Å². The van der Waals surface area contributed by atoms with Crippen molar-refractivity contribution in [2.75, 3.05) is 13.2 Å². The van der Waals surface area contributed by atoms with Gasteiger partial charge in [0.15, 0.2) is 0 Å². The lowest BCUT2D eigenvalue weighted by atomic mass is 9.79. The van der Waals surface area contributed by atoms with Crippen LogP contribution < -0.4 is 5.32 Å². The number of hydrogen-bond donors (Lipinski definition) is 2. The second-order valence-corrected chi connectivity index (χ2v) is 5.26. The van der Waals surface area contributed by atoms with Gasteiger partial charge in [-0.2, -0.15) is 0 Å². The van der Waals surface area contributed by atoms with Crippen LogP contribution in [0.2, 0.25) is 0 Å². The lowest BCUT2D eigenvalue weighted by molar-refractivity contribution is -0.145. The highest BCUT2D eigenvalue weighted by Gasteiger charge is 2.32. The zero-order valence-electron chi connectivity index (χ0n) is 11.2. The molecule has 1 fully saturated rings. The van der Waals surface area contributed by atoms with Crippen molar-refractivity contribution in [1.29, 1.82) is 0 Å². The summed E-state index contributed by atoms with van der Waals surface area (Å²) in [6, 6.07) is -0.349. The molecule has 0 aromatic heterocycles. The Kier molecular flexibility index (Phi) is 5.40. The van der Waals surface area contributed by atoms with Crippen molar-refractivity contribution in [3.8, 4) is 0 Å². The van der Waals surface area contributed by atoms with Gasteiger partial charge in [0.05, 0.1) is 12.2 Å². The molecule has 4 heteroatoms. The van der Waals surface area contributed by atoms with Crippen LogP contribution in [0.15, 0.2) is 0 Å². The van der Waals surface area contributed by atoms with Gasteiger partial charge in [-0.25, -0.2) is 0 Å². The molecule has 1 rings (SSSR count). The van der Waals surface area contributed by atoms with E-state index in [4.69, 9.17) is 4.74 Å². The quantitative estimate of drug-likeness (QED) is 0.718. The van der Waals surface area contributed by atoms with Crippen molar-refractivity contribution in [1.82, 2.24) is 5.32 Å². The van der Waals surface area contributed by atoms with Crippen LogP contribution in [0.3, 0.4) is 0 Å². The van der Waals surface area contributed by atoms with Crippen molar-refractivity contribution in [2.24, 2.45) is 5.92 Å². The molecule has 0 bridgehead atoms. The first kappa shape index (κ1) is 14.5. The largest absolute Gasteiger partial charge is 0.465 e. The molecule has 0 aromatic carbocycles. The Morgan fingerprint density at radius 2 is 2.12 bits per heavy atom. The van der Waals surface area contributed by atoms with E-state index in [9.17, 15) is 9.90 Å². The summed E-state index contributed by atoms with van der Waals surface area (Å²) in [6.45, 7) is 6.65. The number of hydrogen-bond acceptors (Lipinski definition) is 4. The zero-order chi connectivity index (χ0) is 12.9. The van der Waals surface area contributed by atoms with Crippen molar-refractivity contribution < 1.29 is 14.6 Å². The third kappa shape index (κ3) is 4.64. The molecular weight excluding hydrogens is 218 g/mol. The second-order valence-electron chi connectivity index (χ2n) is 5.26. The van der Waals surface area contributed by atoms with E-state index in [0.717, 1.165) is 25.7 Å². The molecule has 1 atom stereocenters. The Labute approximate surface area is 104 Å². The fourth-order valence-electron chi connectivity index (χ4n) is 2.17. The fourth-order valence-corrected chi connectivity index (χ4v) is 2.17. The first-order valence-electron chi connectivity index (χ1n) is 6.59. The van der Waals surface area contributed by atoms with Gasteiger partial charge in [0.25, 0.3) is 0 Å². The zero-order valence-corrected chi connectivity index (χ0v) is 11.2. The van der Waals surface area contributed by atoms with Gasteiger partial charge in [-0.3, -0.25) is 4.79 Å². The number of carbonyl (C=O) groups excluding carboxylic acids is 1. The normalized spacial score (nSPS) is 30.9. The topological polar surface area (TPSA) is 58.6 Å². The average molecular weight is 243 g/mol. The fraction of sp³-hybridized carbons (Fsp3) is 0.923. The van der Waals surface area contributed by atoms with E-state index in [1.807, 2.05) is 0 Å². The van der Waals surface area contributed by atoms with Gasteiger partial charge in [0.2, 0.25) is 0 Å². The summed E-state index contributed by atoms with van der Waals surface area (Å²) in [5.41, 5.74) is -0.646. The third-order valence-electron chi connectivity index (χ3n) is 3.58. The van der Waals surface area contributed by atoms with Crippen LogP contribution in [0.1, 0.15) is 46.5 Å². The van der Waals surface area contributed by atoms with E-state index >= 15 is 0 Å². The highest BCUT2D eigenvalue weighted by Crippen LogP contribution is 2.31. The molecule has 4 nitrogen and oxygen atoms in total. The monoisotopic (exact) mass is 243 g/mol. The number of carbonyl (C=O) groups is 1. The Morgan fingerprint density at radius 1 is 1.53 bits per heavy atom. The van der Waals surface area contributed by atoms with Crippen molar-refractivity contribution in [3.05, 3.63) is 0 Å². The van der Waals surface area contributed by atoms with E-state index in [1.165, 1.54) is 0 Å². The maximum absolute atomic E-state index is 11.4. The Morgan fingerprint density at radius 3 is 2.65 bits per heavy atom. The van der Waals surface area contributed by atoms with Gasteiger partial charge in [-0.1, -0.05) is 6.92 Å². The molecule has 0 amide bonds. The van der Waals surface area contributed by atoms with Crippen LogP contribution in [0.25, 0.3) is 0 Å². The van der Waals surface area contributed by atoms with Crippen LogP contribution in [-0.2, 0) is 9.53 Å². The van der Waals surface area contributed by atoms with Crippen LogP contribution in [0, 0.1) is 5.92 Å². The molecule has 0 aliphatic heterocycles. The van der Waals surface area contributed by atoms with Gasteiger partial charge in [0.1, 0.15) is 6.04 Å². The van der Waals surface area contributed by atoms with Crippen LogP contribution in [0.5, 0.6) is 0 Å². The van der Waals surface area contributed by atoms with E-state index in [0.29, 0.717) is 19.1 Å². The minimum Gasteiger partial charge on any atom is -0.465 e. The molecule has 0 heterocycles. The molecule has 0 spiro atoms. The number of rotatable bonds is 5. The average Bonchev–Trinajstić information content (AvgIpc) is 2.31. The molecule has 0 saturated heterocycles. The lowest BCUT2D eigenvalue weighted by Crippen LogP contribution is -2.48. The van der Waals surface area contributed by atoms with Gasteiger partial charge < -0.3 is 15.2 Å². The molecule has 1 unspecified atom stereocenters. The summed E-state index contributed by atoms with van der Waals surface area (Å²) >= 11 is 0. The van der Waals surface area contributed by atoms with Crippen LogP contribution in [0.4, 0.5) is 0 Å². The van der Waals surface area contributed by atoms with E-state index in [-0.39, 0.29) is 12.0 Å². The predicted octanol–water partition coefficient (Wildman–Crippen LogP) is 1.47. The highest BCUT2D eigenvalue weighted by atomic mass is 16.5. The van der Waals surface area contributed by atoms with Crippen LogP contribution in [-0.4, -0.2) is 35.9 Å². The van der Waals surface area contributed by atoms with E-state index in [1.54, 1.807) is 13.8 Å². The van der Waals surface area contributed by atoms with Crippen LogP contribution >= 0.6 is 0 Å². The van der Waals surface area contributed by atoms with E-state index < -0.39 is 5.60 Å². The molecule has 0 aromatic rings. The van der Waals surface area contributed by atoms with Gasteiger partial charge in [0, 0.05) is 6.54 Å². The molecule has 1 aliphatic rings. The summed E-state index contributed by atoms with van der Waals surface area (Å²) in [4.78, 5) is 11.4. The van der Waals surface area contributed by atoms with E-state index in [2.05, 4.69) is 12.2 Å². The minimum atomic E-state index is -0.646. The summed E-state index contributed by atoms with van der Waals surface area (Å²) in [7, 11) is 0. The SMILES string of the molecule is CCOC(=O)C(C)NCC1(O)CCC(C)CC1. The standard InChI is InChI=1S/C13H25NO3/c1-4-17-12(15)11(3)14-9-13(16)7-5-10(2)6-8-13/h10-11,14,16H,4-9H2,1-3H3. The van der Waals surface area contributed by atoms with Crippen molar-refractivity contribution in [3.63, 3.8) is 0 Å². The summed E-state index contributed by atoms with van der Waals surface area (Å²) in [5, 5.41) is 13.4. The highest BCUT2D eigenvalue weighted by molar-refractivity contribution is 5.75. The van der Waals surface area contributed by atoms with Crippen molar-refractivity contribution in [2.45, 2.75) is 58.1 Å². The maximum atomic E-state index is 11.4. The lowest BCUT2D eigenvalue weighted by Gasteiger charge is -2.35. The predicted molar refractivity (Wildman–Crippen MR) is 66.7 cm³/mol. The minimum absolute atomic E-state index is 0.250. The molecule has 1 aliphatic carbocycles. The van der Waals surface area contributed by atoms with Gasteiger partial charge in [-0.15, -0.1) is 0 Å². The molecular formula is C13H25NO3. The molecule has 100 valence electrons. The first-order chi connectivity index (χ1) is 7.97. The smallest absolute Gasteiger partial charge is 0.322 e.